The molecule has 2 rings (SSSR count). The lowest BCUT2D eigenvalue weighted by Gasteiger charge is -2.22. The van der Waals surface area contributed by atoms with Crippen molar-refractivity contribution in [2.75, 3.05) is 26.3 Å². The third-order valence-corrected chi connectivity index (χ3v) is 2.93. The number of rotatable bonds is 2. The van der Waals surface area contributed by atoms with E-state index in [1.165, 1.54) is 4.90 Å². The summed E-state index contributed by atoms with van der Waals surface area (Å²) < 4.78 is 10.9. The largest absolute Gasteiger partial charge is 0.368 e. The van der Waals surface area contributed by atoms with Crippen LogP contribution < -0.4 is 11.5 Å². The predicted molar refractivity (Wildman–Crippen MR) is 53.0 cm³/mol. The van der Waals surface area contributed by atoms with Crippen LogP contribution in [0.5, 0.6) is 0 Å². The van der Waals surface area contributed by atoms with Crippen LogP contribution in [0.25, 0.3) is 0 Å². The van der Waals surface area contributed by atoms with Crippen molar-refractivity contribution >= 4 is 11.8 Å². The van der Waals surface area contributed by atoms with E-state index in [1.807, 2.05) is 0 Å². The maximum absolute atomic E-state index is 11.6. The molecule has 0 saturated carbocycles. The first kappa shape index (κ1) is 11.3. The third kappa shape index (κ3) is 1.77. The Morgan fingerprint density at radius 2 is 2.00 bits per heavy atom. The highest BCUT2D eigenvalue weighted by molar-refractivity contribution is 5.88. The first-order valence-electron chi connectivity index (χ1n) is 5.15. The number of carbonyl (C=O) groups is 2. The molecule has 2 saturated heterocycles. The molecule has 0 aromatic rings. The van der Waals surface area contributed by atoms with Gasteiger partial charge in [-0.1, -0.05) is 0 Å². The van der Waals surface area contributed by atoms with Gasteiger partial charge in [-0.15, -0.1) is 0 Å². The normalized spacial score (nSPS) is 27.6. The average molecular weight is 229 g/mol. The van der Waals surface area contributed by atoms with Gasteiger partial charge in [-0.2, -0.15) is 0 Å². The molecule has 7 heteroatoms. The summed E-state index contributed by atoms with van der Waals surface area (Å²) in [5, 5.41) is 0. The van der Waals surface area contributed by atoms with Crippen LogP contribution in [-0.4, -0.2) is 54.8 Å². The number of primary amides is 1. The molecule has 0 radical (unpaired) electrons. The first-order valence-corrected chi connectivity index (χ1v) is 5.15. The van der Waals surface area contributed by atoms with Gasteiger partial charge in [-0.05, 0) is 0 Å². The molecule has 90 valence electrons. The van der Waals surface area contributed by atoms with Gasteiger partial charge >= 0.3 is 0 Å². The zero-order chi connectivity index (χ0) is 11.8. The maximum Gasteiger partial charge on any atom is 0.240 e. The minimum Gasteiger partial charge on any atom is -0.368 e. The lowest BCUT2D eigenvalue weighted by atomic mass is 10.1. The average Bonchev–Trinajstić information content (AvgIpc) is 2.86. The Bertz CT molecular complexity index is 314. The van der Waals surface area contributed by atoms with E-state index >= 15 is 0 Å². The van der Waals surface area contributed by atoms with Crippen molar-refractivity contribution in [3.8, 4) is 0 Å². The van der Waals surface area contributed by atoms with Crippen molar-refractivity contribution in [3.63, 3.8) is 0 Å². The number of amides is 2. The highest BCUT2D eigenvalue weighted by Gasteiger charge is 2.51. The molecule has 2 amide bonds. The molecule has 0 aromatic carbocycles. The van der Waals surface area contributed by atoms with Crippen LogP contribution in [0.2, 0.25) is 0 Å². The number of nitrogens with zero attached hydrogens (tertiary/aromatic N) is 1. The second kappa shape index (κ2) is 4.00. The van der Waals surface area contributed by atoms with E-state index in [4.69, 9.17) is 20.9 Å². The fourth-order valence-corrected chi connectivity index (χ4v) is 2.18. The smallest absolute Gasteiger partial charge is 0.240 e. The van der Waals surface area contributed by atoms with Gasteiger partial charge < -0.3 is 25.8 Å². The molecule has 0 unspecified atom stereocenters. The van der Waals surface area contributed by atoms with Crippen molar-refractivity contribution in [2.24, 2.45) is 11.5 Å². The van der Waals surface area contributed by atoms with Crippen LogP contribution in [0.1, 0.15) is 6.42 Å². The molecule has 4 N–H and O–H groups in total. The van der Waals surface area contributed by atoms with Gasteiger partial charge in [-0.25, -0.2) is 0 Å². The van der Waals surface area contributed by atoms with Gasteiger partial charge in [0.25, 0.3) is 0 Å². The Labute approximate surface area is 92.6 Å². The molecule has 2 aliphatic rings. The van der Waals surface area contributed by atoms with Gasteiger partial charge in [0.05, 0.1) is 26.3 Å². The Kier molecular flexibility index (Phi) is 2.83. The molecular formula is C9H15N3O4. The van der Waals surface area contributed by atoms with E-state index in [0.29, 0.717) is 13.2 Å². The van der Waals surface area contributed by atoms with Gasteiger partial charge in [0.15, 0.2) is 5.79 Å². The molecule has 0 aromatic heterocycles. The van der Waals surface area contributed by atoms with Crippen molar-refractivity contribution in [1.29, 1.82) is 0 Å². The number of hydrogen-bond acceptors (Lipinski definition) is 5. The summed E-state index contributed by atoms with van der Waals surface area (Å²) >= 11 is 0. The highest BCUT2D eigenvalue weighted by Crippen LogP contribution is 2.34. The number of likely N-dealkylation sites (tertiary alicyclic amines) is 1. The maximum atomic E-state index is 11.6. The number of carbonyl (C=O) groups excluding carboxylic acids is 2. The minimum atomic E-state index is -0.857. The molecule has 2 fully saturated rings. The van der Waals surface area contributed by atoms with Crippen molar-refractivity contribution < 1.29 is 19.1 Å². The lowest BCUT2D eigenvalue weighted by molar-refractivity contribution is -0.151. The summed E-state index contributed by atoms with van der Waals surface area (Å²) in [5.74, 6) is -1.73. The van der Waals surface area contributed by atoms with E-state index in [9.17, 15) is 9.59 Å². The van der Waals surface area contributed by atoms with Crippen LogP contribution in [0, 0.1) is 0 Å². The zero-order valence-corrected chi connectivity index (χ0v) is 8.85. The van der Waals surface area contributed by atoms with Gasteiger partial charge in [0, 0.05) is 6.42 Å². The quantitative estimate of drug-likeness (QED) is 0.557. The minimum absolute atomic E-state index is 0.153. The van der Waals surface area contributed by atoms with Crippen LogP contribution in [-0.2, 0) is 19.1 Å². The first-order chi connectivity index (χ1) is 7.58. The van der Waals surface area contributed by atoms with E-state index < -0.39 is 17.7 Å². The molecule has 1 atom stereocenters. The lowest BCUT2D eigenvalue weighted by Crippen LogP contribution is -2.46. The van der Waals surface area contributed by atoms with Crippen LogP contribution >= 0.6 is 0 Å². The van der Waals surface area contributed by atoms with E-state index in [1.54, 1.807) is 0 Å². The molecule has 2 heterocycles. The monoisotopic (exact) mass is 229 g/mol. The predicted octanol–water partition coefficient (Wildman–Crippen LogP) is -2.23. The molecule has 7 nitrogen and oxygen atoms in total. The van der Waals surface area contributed by atoms with Crippen molar-refractivity contribution in [2.45, 2.75) is 18.2 Å². The summed E-state index contributed by atoms with van der Waals surface area (Å²) in [5.41, 5.74) is 10.5. The second-order valence-corrected chi connectivity index (χ2v) is 3.96. The zero-order valence-electron chi connectivity index (χ0n) is 8.85. The van der Waals surface area contributed by atoms with Crippen LogP contribution in [0.4, 0.5) is 0 Å². The van der Waals surface area contributed by atoms with Crippen molar-refractivity contribution in [3.05, 3.63) is 0 Å². The van der Waals surface area contributed by atoms with Crippen LogP contribution in [0.3, 0.4) is 0 Å². The van der Waals surface area contributed by atoms with E-state index in [2.05, 4.69) is 0 Å². The third-order valence-electron chi connectivity index (χ3n) is 2.93. The highest BCUT2D eigenvalue weighted by atomic mass is 16.7. The Morgan fingerprint density at radius 3 is 2.50 bits per heavy atom. The Balaban J connectivity index is 2.17. The standard InChI is InChI=1S/C9H15N3O4/c10-4-7(13)12-5-9(15-1-2-16-9)3-6(12)8(11)14/h6H,1-5,10H2,(H2,11,14)/t6-/m0/s1. The molecule has 16 heavy (non-hydrogen) atoms. The summed E-state index contributed by atoms with van der Waals surface area (Å²) in [6, 6.07) is -0.686. The summed E-state index contributed by atoms with van der Waals surface area (Å²) in [6.45, 7) is 1.00. The molecule has 2 aliphatic heterocycles. The SMILES string of the molecule is NCC(=O)N1CC2(C[C@H]1C(N)=O)OCCO2. The van der Waals surface area contributed by atoms with Crippen molar-refractivity contribution in [1.82, 2.24) is 4.90 Å². The fourth-order valence-electron chi connectivity index (χ4n) is 2.18. The Morgan fingerprint density at radius 1 is 1.38 bits per heavy atom. The number of nitrogens with two attached hydrogens (primary N) is 2. The summed E-state index contributed by atoms with van der Waals surface area (Å²) in [7, 11) is 0. The van der Waals surface area contributed by atoms with Gasteiger partial charge in [-0.3, -0.25) is 9.59 Å². The molecule has 0 aliphatic carbocycles. The summed E-state index contributed by atoms with van der Waals surface area (Å²) in [6.07, 6.45) is 0.286. The Hall–Kier alpha value is -1.18. The number of hydrogen-bond donors (Lipinski definition) is 2. The van der Waals surface area contributed by atoms with E-state index in [0.717, 1.165) is 0 Å². The molecule has 1 spiro atoms. The van der Waals surface area contributed by atoms with Crippen LogP contribution in [0.15, 0.2) is 0 Å². The topological polar surface area (TPSA) is 108 Å². The summed E-state index contributed by atoms with van der Waals surface area (Å²) in [4.78, 5) is 24.1. The van der Waals surface area contributed by atoms with Gasteiger partial charge in [0.1, 0.15) is 6.04 Å². The molecular weight excluding hydrogens is 214 g/mol. The van der Waals surface area contributed by atoms with E-state index in [-0.39, 0.29) is 25.4 Å². The second-order valence-electron chi connectivity index (χ2n) is 3.96. The molecule has 0 bridgehead atoms. The fraction of sp³-hybridized carbons (Fsp3) is 0.778. The number of ether oxygens (including phenoxy) is 2. The van der Waals surface area contributed by atoms with Gasteiger partial charge in [0.2, 0.25) is 11.8 Å².